The van der Waals surface area contributed by atoms with Gasteiger partial charge in [-0.2, -0.15) is 0 Å². The molecule has 0 bridgehead atoms. The summed E-state index contributed by atoms with van der Waals surface area (Å²) in [6.07, 6.45) is 0. The molecule has 1 aromatic carbocycles. The number of aliphatic carboxylic acids is 1. The fourth-order valence-electron chi connectivity index (χ4n) is 1.46. The van der Waals surface area contributed by atoms with Crippen LogP contribution in [-0.4, -0.2) is 29.6 Å². The molecule has 0 aliphatic heterocycles. The van der Waals surface area contributed by atoms with Gasteiger partial charge in [0.05, 0.1) is 5.02 Å². The summed E-state index contributed by atoms with van der Waals surface area (Å²) in [6, 6.07) is 2.51. The molecule has 0 aliphatic carbocycles. The molecular weight excluding hydrogens is 289 g/mol. The highest BCUT2D eigenvalue weighted by Gasteiger charge is 2.23. The average Bonchev–Trinajstić information content (AvgIpc) is 2.34. The molecule has 1 unspecified atom stereocenters. The number of carboxylic acids is 1. The number of carbonyl (C=O) groups excluding carboxylic acids is 1. The van der Waals surface area contributed by atoms with Gasteiger partial charge in [-0.25, -0.2) is 9.18 Å². The number of amides is 1. The molecule has 0 saturated carbocycles. The van der Waals surface area contributed by atoms with Gasteiger partial charge in [-0.1, -0.05) is 25.4 Å². The number of nitrogens with one attached hydrogen (secondary N) is 1. The van der Waals surface area contributed by atoms with Gasteiger partial charge in [0, 0.05) is 0 Å². The number of ether oxygens (including phenoxy) is 1. The highest BCUT2D eigenvalue weighted by molar-refractivity contribution is 6.32. The highest BCUT2D eigenvalue weighted by atomic mass is 35.5. The van der Waals surface area contributed by atoms with Crippen molar-refractivity contribution in [3.05, 3.63) is 29.0 Å². The van der Waals surface area contributed by atoms with Gasteiger partial charge in [0.1, 0.15) is 17.6 Å². The fourth-order valence-corrected chi connectivity index (χ4v) is 1.69. The van der Waals surface area contributed by atoms with Crippen LogP contribution >= 0.6 is 11.6 Å². The molecule has 0 aromatic heterocycles. The first-order valence-electron chi connectivity index (χ1n) is 5.91. The third-order valence-corrected chi connectivity index (χ3v) is 2.80. The summed E-state index contributed by atoms with van der Waals surface area (Å²) in [5, 5.41) is 11.3. The summed E-state index contributed by atoms with van der Waals surface area (Å²) in [5.74, 6) is -2.33. The van der Waals surface area contributed by atoms with Crippen molar-refractivity contribution in [2.75, 3.05) is 6.61 Å². The van der Waals surface area contributed by atoms with E-state index in [1.165, 1.54) is 6.07 Å². The van der Waals surface area contributed by atoms with E-state index < -0.39 is 30.3 Å². The Morgan fingerprint density at radius 2 is 2.10 bits per heavy atom. The van der Waals surface area contributed by atoms with Gasteiger partial charge in [-0.05, 0) is 24.1 Å². The van der Waals surface area contributed by atoms with E-state index in [9.17, 15) is 14.0 Å². The van der Waals surface area contributed by atoms with Crippen molar-refractivity contribution >= 4 is 23.5 Å². The molecule has 0 spiro atoms. The van der Waals surface area contributed by atoms with E-state index >= 15 is 0 Å². The summed E-state index contributed by atoms with van der Waals surface area (Å²) in [5.41, 5.74) is 0. The second kappa shape index (κ2) is 7.09. The van der Waals surface area contributed by atoms with Gasteiger partial charge in [0.15, 0.2) is 6.61 Å². The Bertz CT molecular complexity index is 507. The van der Waals surface area contributed by atoms with Gasteiger partial charge in [0.2, 0.25) is 0 Å². The molecule has 0 fully saturated rings. The molecule has 0 heterocycles. The smallest absolute Gasteiger partial charge is 0.326 e. The number of halogens is 2. The van der Waals surface area contributed by atoms with Crippen molar-refractivity contribution in [3.63, 3.8) is 0 Å². The Morgan fingerprint density at radius 1 is 1.45 bits per heavy atom. The van der Waals surface area contributed by atoms with Crippen molar-refractivity contribution in [2.24, 2.45) is 5.92 Å². The molecule has 7 heteroatoms. The van der Waals surface area contributed by atoms with Gasteiger partial charge in [-0.15, -0.1) is 0 Å². The molecule has 0 aliphatic rings. The lowest BCUT2D eigenvalue weighted by Crippen LogP contribution is -2.46. The number of carboxylic acid groups (broad SMARTS) is 1. The number of hydrogen-bond acceptors (Lipinski definition) is 3. The highest BCUT2D eigenvalue weighted by Crippen LogP contribution is 2.24. The largest absolute Gasteiger partial charge is 0.482 e. The first kappa shape index (κ1) is 16.2. The van der Waals surface area contributed by atoms with Crippen LogP contribution in [0.2, 0.25) is 5.02 Å². The van der Waals surface area contributed by atoms with E-state index in [0.29, 0.717) is 0 Å². The number of hydrogen-bond donors (Lipinski definition) is 2. The number of benzene rings is 1. The summed E-state index contributed by atoms with van der Waals surface area (Å²) >= 11 is 5.73. The van der Waals surface area contributed by atoms with Crippen LogP contribution in [0.4, 0.5) is 4.39 Å². The molecule has 1 atom stereocenters. The predicted octanol–water partition coefficient (Wildman–Crippen LogP) is 2.08. The van der Waals surface area contributed by atoms with Crippen molar-refractivity contribution < 1.29 is 23.8 Å². The molecule has 1 aromatic rings. The van der Waals surface area contributed by atoms with Gasteiger partial charge in [0.25, 0.3) is 5.91 Å². The molecule has 0 radical (unpaired) electrons. The van der Waals surface area contributed by atoms with Crippen LogP contribution in [0.15, 0.2) is 18.2 Å². The maximum atomic E-state index is 12.8. The molecule has 110 valence electrons. The summed E-state index contributed by atoms with van der Waals surface area (Å²) in [4.78, 5) is 22.5. The SMILES string of the molecule is CC(C)C(NC(=O)COc1ccc(F)cc1Cl)C(=O)O. The van der Waals surface area contributed by atoms with Crippen molar-refractivity contribution in [1.82, 2.24) is 5.32 Å². The quantitative estimate of drug-likeness (QED) is 0.843. The lowest BCUT2D eigenvalue weighted by molar-refractivity contribution is -0.143. The Balaban J connectivity index is 2.57. The lowest BCUT2D eigenvalue weighted by Gasteiger charge is -2.18. The number of rotatable bonds is 6. The van der Waals surface area contributed by atoms with E-state index in [1.54, 1.807) is 13.8 Å². The van der Waals surface area contributed by atoms with E-state index in [2.05, 4.69) is 5.32 Å². The minimum absolute atomic E-state index is 0.0384. The average molecular weight is 304 g/mol. The van der Waals surface area contributed by atoms with Crippen molar-refractivity contribution in [2.45, 2.75) is 19.9 Å². The third kappa shape index (κ3) is 4.70. The van der Waals surface area contributed by atoms with Crippen LogP contribution < -0.4 is 10.1 Å². The summed E-state index contributed by atoms with van der Waals surface area (Å²) in [7, 11) is 0. The van der Waals surface area contributed by atoms with Crippen LogP contribution in [0.3, 0.4) is 0 Å². The Labute approximate surface area is 120 Å². The normalized spacial score (nSPS) is 12.1. The first-order valence-corrected chi connectivity index (χ1v) is 6.29. The van der Waals surface area contributed by atoms with Crippen LogP contribution in [-0.2, 0) is 9.59 Å². The fraction of sp³-hybridized carbons (Fsp3) is 0.385. The van der Waals surface area contributed by atoms with Crippen molar-refractivity contribution in [3.8, 4) is 5.75 Å². The Kier molecular flexibility index (Phi) is 5.76. The standard InChI is InChI=1S/C13H15ClFNO4/c1-7(2)12(13(18)19)16-11(17)6-20-10-4-3-8(15)5-9(10)14/h3-5,7,12H,6H2,1-2H3,(H,16,17)(H,18,19). The second-order valence-electron chi connectivity index (χ2n) is 4.49. The first-order chi connectivity index (χ1) is 9.31. The summed E-state index contributed by atoms with van der Waals surface area (Å²) in [6.45, 7) is 2.95. The molecule has 2 N–H and O–H groups in total. The zero-order valence-corrected chi connectivity index (χ0v) is 11.8. The van der Waals surface area contributed by atoms with E-state index in [-0.39, 0.29) is 16.7 Å². The summed E-state index contributed by atoms with van der Waals surface area (Å²) < 4.78 is 17.9. The van der Waals surface area contributed by atoms with Gasteiger partial charge < -0.3 is 15.2 Å². The topological polar surface area (TPSA) is 75.6 Å². The molecule has 1 amide bonds. The maximum absolute atomic E-state index is 12.8. The van der Waals surface area contributed by atoms with Crippen LogP contribution in [0.25, 0.3) is 0 Å². The minimum atomic E-state index is -1.12. The van der Waals surface area contributed by atoms with E-state index in [0.717, 1.165) is 12.1 Å². The number of carbonyl (C=O) groups is 2. The van der Waals surface area contributed by atoms with Gasteiger partial charge >= 0.3 is 5.97 Å². The third-order valence-electron chi connectivity index (χ3n) is 2.50. The Hall–Kier alpha value is -1.82. The molecule has 5 nitrogen and oxygen atoms in total. The van der Waals surface area contributed by atoms with E-state index in [1.807, 2.05) is 0 Å². The Morgan fingerprint density at radius 3 is 2.60 bits per heavy atom. The van der Waals surface area contributed by atoms with E-state index in [4.69, 9.17) is 21.4 Å². The van der Waals surface area contributed by atoms with Crippen LogP contribution in [0.1, 0.15) is 13.8 Å². The molecular formula is C13H15ClFNO4. The zero-order valence-electron chi connectivity index (χ0n) is 11.0. The molecule has 0 saturated heterocycles. The monoisotopic (exact) mass is 303 g/mol. The van der Waals surface area contributed by atoms with Gasteiger partial charge in [-0.3, -0.25) is 4.79 Å². The predicted molar refractivity (Wildman–Crippen MR) is 71.3 cm³/mol. The lowest BCUT2D eigenvalue weighted by atomic mass is 10.1. The van der Waals surface area contributed by atoms with Crippen LogP contribution in [0, 0.1) is 11.7 Å². The molecule has 1 rings (SSSR count). The molecule has 20 heavy (non-hydrogen) atoms. The van der Waals surface area contributed by atoms with Crippen LogP contribution in [0.5, 0.6) is 5.75 Å². The zero-order chi connectivity index (χ0) is 15.3. The van der Waals surface area contributed by atoms with Crippen molar-refractivity contribution in [1.29, 1.82) is 0 Å². The minimum Gasteiger partial charge on any atom is -0.482 e. The second-order valence-corrected chi connectivity index (χ2v) is 4.90. The maximum Gasteiger partial charge on any atom is 0.326 e.